The third-order valence-electron chi connectivity index (χ3n) is 5.79. The Labute approximate surface area is 180 Å². The molecule has 0 aliphatic carbocycles. The van der Waals surface area contributed by atoms with Gasteiger partial charge in [0.1, 0.15) is 4.88 Å². The quantitative estimate of drug-likeness (QED) is 0.655. The summed E-state index contributed by atoms with van der Waals surface area (Å²) in [6, 6.07) is 13.9. The zero-order valence-corrected chi connectivity index (χ0v) is 18.0. The van der Waals surface area contributed by atoms with E-state index in [1.807, 2.05) is 56.3 Å². The Morgan fingerprint density at radius 3 is 2.60 bits per heavy atom. The molecule has 2 aromatic carbocycles. The van der Waals surface area contributed by atoms with Crippen LogP contribution in [-0.2, 0) is 4.79 Å². The van der Waals surface area contributed by atoms with E-state index in [4.69, 9.17) is 0 Å². The number of nitrogens with zero attached hydrogens (tertiary/aromatic N) is 2. The van der Waals surface area contributed by atoms with Gasteiger partial charge in [-0.25, -0.2) is 4.98 Å². The molecule has 4 rings (SSSR count). The molecular formula is C23H26N4O2S. The van der Waals surface area contributed by atoms with Crippen LogP contribution in [0.25, 0.3) is 10.8 Å². The summed E-state index contributed by atoms with van der Waals surface area (Å²) in [7, 11) is 0. The predicted molar refractivity (Wildman–Crippen MR) is 121 cm³/mol. The van der Waals surface area contributed by atoms with E-state index in [1.54, 1.807) is 5.51 Å². The van der Waals surface area contributed by atoms with Crippen LogP contribution in [0.5, 0.6) is 0 Å². The van der Waals surface area contributed by atoms with Gasteiger partial charge in [0.25, 0.3) is 5.91 Å². The van der Waals surface area contributed by atoms with E-state index in [9.17, 15) is 9.59 Å². The summed E-state index contributed by atoms with van der Waals surface area (Å²) in [6.07, 6.45) is 1.66. The molecular weight excluding hydrogens is 396 g/mol. The first kappa shape index (κ1) is 20.5. The van der Waals surface area contributed by atoms with Crippen LogP contribution in [0, 0.1) is 6.92 Å². The number of fused-ring (bicyclic) bond motifs is 1. The van der Waals surface area contributed by atoms with Crippen molar-refractivity contribution in [3.8, 4) is 0 Å². The molecule has 2 N–H and O–H groups in total. The van der Waals surface area contributed by atoms with Crippen molar-refractivity contribution in [3.63, 3.8) is 0 Å². The van der Waals surface area contributed by atoms with E-state index in [0.29, 0.717) is 4.88 Å². The summed E-state index contributed by atoms with van der Waals surface area (Å²) < 4.78 is 0. The fraction of sp³-hybridized carbons (Fsp3) is 0.348. The Hall–Kier alpha value is -2.77. The maximum Gasteiger partial charge on any atom is 0.263 e. The lowest BCUT2D eigenvalue weighted by Crippen LogP contribution is -2.50. The number of nitrogens with one attached hydrogen (secondary N) is 2. The third kappa shape index (κ3) is 4.37. The van der Waals surface area contributed by atoms with Crippen molar-refractivity contribution < 1.29 is 9.59 Å². The first-order chi connectivity index (χ1) is 14.5. The van der Waals surface area contributed by atoms with Crippen molar-refractivity contribution in [2.75, 3.05) is 18.4 Å². The van der Waals surface area contributed by atoms with E-state index in [0.717, 1.165) is 48.1 Å². The van der Waals surface area contributed by atoms with E-state index >= 15 is 0 Å². The molecule has 0 spiro atoms. The number of likely N-dealkylation sites (tertiary alicyclic amines) is 1. The smallest absolute Gasteiger partial charge is 0.263 e. The summed E-state index contributed by atoms with van der Waals surface area (Å²) in [5.74, 6) is -0.0516. The molecule has 1 unspecified atom stereocenters. The van der Waals surface area contributed by atoms with Crippen molar-refractivity contribution >= 4 is 39.6 Å². The molecule has 2 heterocycles. The standard InChI is InChI=1S/C23H26N4O2S/c1-15-21(30-14-24-15)23(29)25-18-10-12-27(13-11-18)16(2)22(28)26-20-9-5-7-17-6-3-4-8-19(17)20/h3-9,14,16,18H,10-13H2,1-2H3,(H,25,29)(H,26,28). The minimum atomic E-state index is -0.232. The second kappa shape index (κ2) is 8.93. The topological polar surface area (TPSA) is 74.3 Å². The number of amides is 2. The van der Waals surface area contributed by atoms with Crippen LogP contribution in [-0.4, -0.2) is 46.9 Å². The van der Waals surface area contributed by atoms with Crippen LogP contribution in [0.1, 0.15) is 35.1 Å². The molecule has 0 radical (unpaired) electrons. The van der Waals surface area contributed by atoms with Crippen LogP contribution in [0.3, 0.4) is 0 Å². The highest BCUT2D eigenvalue weighted by atomic mass is 32.1. The lowest BCUT2D eigenvalue weighted by molar-refractivity contribution is -0.121. The molecule has 1 fully saturated rings. The van der Waals surface area contributed by atoms with Gasteiger partial charge in [-0.05, 0) is 38.1 Å². The van der Waals surface area contributed by atoms with Gasteiger partial charge in [0.05, 0.1) is 17.2 Å². The molecule has 7 heteroatoms. The number of aryl methyl sites for hydroxylation is 1. The summed E-state index contributed by atoms with van der Waals surface area (Å²) in [5.41, 5.74) is 3.31. The number of rotatable bonds is 5. The number of carbonyl (C=O) groups excluding carboxylic acids is 2. The highest BCUT2D eigenvalue weighted by molar-refractivity contribution is 7.11. The van der Waals surface area contributed by atoms with Crippen LogP contribution in [0.2, 0.25) is 0 Å². The van der Waals surface area contributed by atoms with Crippen molar-refractivity contribution in [1.82, 2.24) is 15.2 Å². The minimum absolute atomic E-state index is 0.00544. The van der Waals surface area contributed by atoms with Gasteiger partial charge in [0, 0.05) is 30.2 Å². The molecule has 0 bridgehead atoms. The molecule has 3 aromatic rings. The third-order valence-corrected chi connectivity index (χ3v) is 6.72. The van der Waals surface area contributed by atoms with Crippen molar-refractivity contribution in [3.05, 3.63) is 58.5 Å². The summed E-state index contributed by atoms with van der Waals surface area (Å²) in [6.45, 7) is 5.35. The number of piperidine rings is 1. The van der Waals surface area contributed by atoms with Crippen molar-refractivity contribution in [2.45, 2.75) is 38.8 Å². The minimum Gasteiger partial charge on any atom is -0.348 e. The zero-order valence-electron chi connectivity index (χ0n) is 17.2. The first-order valence-electron chi connectivity index (χ1n) is 10.3. The normalized spacial score (nSPS) is 16.3. The highest BCUT2D eigenvalue weighted by Gasteiger charge is 2.28. The van der Waals surface area contributed by atoms with Crippen LogP contribution >= 0.6 is 11.3 Å². The van der Waals surface area contributed by atoms with Gasteiger partial charge in [0.15, 0.2) is 0 Å². The molecule has 1 aromatic heterocycles. The molecule has 1 aliphatic heterocycles. The summed E-state index contributed by atoms with van der Waals surface area (Å²) in [4.78, 5) is 32.3. The van der Waals surface area contributed by atoms with Gasteiger partial charge in [-0.1, -0.05) is 36.4 Å². The molecule has 1 atom stereocenters. The maximum atomic E-state index is 12.9. The molecule has 1 aliphatic rings. The molecule has 156 valence electrons. The van der Waals surface area contributed by atoms with Gasteiger partial charge >= 0.3 is 0 Å². The SMILES string of the molecule is Cc1ncsc1C(=O)NC1CCN(C(C)C(=O)Nc2cccc3ccccc23)CC1. The Balaban J connectivity index is 1.32. The Morgan fingerprint density at radius 1 is 1.13 bits per heavy atom. The Morgan fingerprint density at radius 2 is 1.87 bits per heavy atom. The number of aromatic nitrogens is 1. The van der Waals surface area contributed by atoms with Crippen LogP contribution in [0.4, 0.5) is 5.69 Å². The van der Waals surface area contributed by atoms with Crippen LogP contribution < -0.4 is 10.6 Å². The number of thiazole rings is 1. The summed E-state index contributed by atoms with van der Waals surface area (Å²) >= 11 is 1.37. The van der Waals surface area contributed by atoms with Crippen LogP contribution in [0.15, 0.2) is 48.0 Å². The Kier molecular flexibility index (Phi) is 6.11. The fourth-order valence-corrected chi connectivity index (χ4v) is 4.64. The highest BCUT2D eigenvalue weighted by Crippen LogP contribution is 2.24. The maximum absolute atomic E-state index is 12.9. The van der Waals surface area contributed by atoms with Gasteiger partial charge in [0.2, 0.25) is 5.91 Å². The number of carbonyl (C=O) groups is 2. The number of hydrogen-bond donors (Lipinski definition) is 2. The van der Waals surface area contributed by atoms with Gasteiger partial charge < -0.3 is 10.6 Å². The van der Waals surface area contributed by atoms with Crippen molar-refractivity contribution in [1.29, 1.82) is 0 Å². The van der Waals surface area contributed by atoms with E-state index in [2.05, 4.69) is 20.5 Å². The molecule has 2 amide bonds. The average molecular weight is 423 g/mol. The average Bonchev–Trinajstić information content (AvgIpc) is 3.20. The lowest BCUT2D eigenvalue weighted by Gasteiger charge is -2.35. The van der Waals surface area contributed by atoms with Crippen molar-refractivity contribution in [2.24, 2.45) is 0 Å². The second-order valence-corrected chi connectivity index (χ2v) is 8.60. The second-order valence-electron chi connectivity index (χ2n) is 7.74. The number of anilines is 1. The largest absolute Gasteiger partial charge is 0.348 e. The monoisotopic (exact) mass is 422 g/mol. The van der Waals surface area contributed by atoms with E-state index < -0.39 is 0 Å². The van der Waals surface area contributed by atoms with Gasteiger partial charge in [-0.15, -0.1) is 11.3 Å². The predicted octanol–water partition coefficient (Wildman–Crippen LogP) is 3.83. The fourth-order valence-electron chi connectivity index (χ4n) is 3.94. The molecule has 6 nitrogen and oxygen atoms in total. The first-order valence-corrected chi connectivity index (χ1v) is 11.1. The Bertz CT molecular complexity index is 1050. The van der Waals surface area contributed by atoms with E-state index in [-0.39, 0.29) is 23.9 Å². The van der Waals surface area contributed by atoms with E-state index in [1.165, 1.54) is 11.3 Å². The lowest BCUT2D eigenvalue weighted by atomic mass is 10.0. The number of benzene rings is 2. The van der Waals surface area contributed by atoms with Gasteiger partial charge in [-0.3, -0.25) is 14.5 Å². The molecule has 0 saturated carbocycles. The number of hydrogen-bond acceptors (Lipinski definition) is 5. The molecule has 1 saturated heterocycles. The zero-order chi connectivity index (χ0) is 21.1. The summed E-state index contributed by atoms with van der Waals surface area (Å²) in [5, 5.41) is 8.36. The van der Waals surface area contributed by atoms with Gasteiger partial charge in [-0.2, -0.15) is 0 Å². The molecule has 30 heavy (non-hydrogen) atoms.